The minimum absolute atomic E-state index is 0.0765. The summed E-state index contributed by atoms with van der Waals surface area (Å²) in [5, 5.41) is 16.2. The van der Waals surface area contributed by atoms with Gasteiger partial charge in [0.2, 0.25) is 0 Å². The van der Waals surface area contributed by atoms with Gasteiger partial charge in [0.05, 0.1) is 42.0 Å². The van der Waals surface area contributed by atoms with E-state index in [1.165, 1.54) is 12.8 Å². The Kier molecular flexibility index (Phi) is 8.60. The second kappa shape index (κ2) is 12.6. The normalized spacial score (nSPS) is 21.7. The molecule has 2 N–H and O–H groups in total. The quantitative estimate of drug-likeness (QED) is 0.253. The number of likely N-dealkylation sites (tertiary alicyclic amines) is 1. The Labute approximate surface area is 253 Å². The molecule has 1 atom stereocenters. The van der Waals surface area contributed by atoms with Crippen LogP contribution in [0.25, 0.3) is 12.0 Å². The number of alkyl carbamates (subject to hydrolysis) is 1. The lowest BCUT2D eigenvalue weighted by Crippen LogP contribution is -2.43. The molecule has 2 aromatic rings. The van der Waals surface area contributed by atoms with Gasteiger partial charge in [0, 0.05) is 40.3 Å². The number of rotatable bonds is 9. The van der Waals surface area contributed by atoms with Crippen molar-refractivity contribution < 1.29 is 18.7 Å². The molecule has 4 aliphatic rings. The van der Waals surface area contributed by atoms with Crippen LogP contribution in [0.2, 0.25) is 5.02 Å². The molecule has 43 heavy (non-hydrogen) atoms. The van der Waals surface area contributed by atoms with E-state index in [1.807, 2.05) is 4.90 Å². The predicted molar refractivity (Wildman–Crippen MR) is 162 cm³/mol. The Morgan fingerprint density at radius 1 is 1.28 bits per heavy atom. The number of pyridine rings is 1. The van der Waals surface area contributed by atoms with E-state index in [4.69, 9.17) is 21.1 Å². The Balaban J connectivity index is 1.37. The van der Waals surface area contributed by atoms with Gasteiger partial charge < -0.3 is 25.0 Å². The third-order valence-corrected chi connectivity index (χ3v) is 8.98. The molecule has 0 saturated carbocycles. The molecule has 0 aliphatic carbocycles. The molecule has 6 rings (SSSR count). The first-order valence-electron chi connectivity index (χ1n) is 14.8. The van der Waals surface area contributed by atoms with E-state index in [1.54, 1.807) is 31.5 Å². The number of nitrogens with one attached hydrogen (secondary N) is 2. The molecule has 0 radical (unpaired) electrons. The number of ether oxygens (including phenoxy) is 2. The molecule has 5 heterocycles. The summed E-state index contributed by atoms with van der Waals surface area (Å²) in [5.41, 5.74) is 0.828. The first-order chi connectivity index (χ1) is 20.9. The van der Waals surface area contributed by atoms with Crippen LogP contribution in [0.4, 0.5) is 20.6 Å². The highest BCUT2D eigenvalue weighted by molar-refractivity contribution is 6.30. The van der Waals surface area contributed by atoms with Crippen LogP contribution in [0.15, 0.2) is 33.6 Å². The number of aromatic nitrogens is 1. The van der Waals surface area contributed by atoms with Crippen molar-refractivity contribution in [3.05, 3.63) is 50.2 Å². The fraction of sp³-hybridized carbons (Fsp3) is 0.500. The zero-order chi connectivity index (χ0) is 30.0. The summed E-state index contributed by atoms with van der Waals surface area (Å²) in [4.78, 5) is 25.3. The zero-order valence-electron chi connectivity index (χ0n) is 24.2. The number of azo groups is 1. The highest BCUT2D eigenvalue weighted by Crippen LogP contribution is 2.38. The molecule has 1 aromatic carbocycles. The Morgan fingerprint density at radius 3 is 2.86 bits per heavy atom. The van der Waals surface area contributed by atoms with Crippen LogP contribution in [-0.2, 0) is 9.47 Å². The predicted octanol–water partition coefficient (Wildman–Crippen LogP) is 3.60. The van der Waals surface area contributed by atoms with Crippen molar-refractivity contribution in [2.75, 3.05) is 51.4 Å². The summed E-state index contributed by atoms with van der Waals surface area (Å²) in [6, 6.07) is 3.20. The van der Waals surface area contributed by atoms with Gasteiger partial charge in [-0.25, -0.2) is 14.2 Å². The number of halogens is 2. The van der Waals surface area contributed by atoms with Gasteiger partial charge in [-0.1, -0.05) is 11.6 Å². The molecule has 11 nitrogen and oxygen atoms in total. The van der Waals surface area contributed by atoms with Gasteiger partial charge in [0.15, 0.2) is 5.82 Å². The van der Waals surface area contributed by atoms with E-state index in [0.29, 0.717) is 58.3 Å². The van der Waals surface area contributed by atoms with Crippen molar-refractivity contribution in [1.82, 2.24) is 20.1 Å². The summed E-state index contributed by atoms with van der Waals surface area (Å²) in [7, 11) is 0. The molecular weight excluding hydrogens is 575 g/mol. The average Bonchev–Trinajstić information content (AvgIpc) is 3.78. The van der Waals surface area contributed by atoms with E-state index < -0.39 is 11.9 Å². The summed E-state index contributed by atoms with van der Waals surface area (Å²) in [6.45, 7) is 9.78. The highest BCUT2D eigenvalue weighted by atomic mass is 35.5. The molecule has 0 bridgehead atoms. The number of benzene rings is 1. The number of nitrogens with zero attached hydrogens (tertiary/aromatic N) is 6. The number of hydrogen-bond acceptors (Lipinski definition) is 10. The molecule has 3 fully saturated rings. The summed E-state index contributed by atoms with van der Waals surface area (Å²) in [6.07, 6.45) is 7.95. The van der Waals surface area contributed by atoms with Crippen molar-refractivity contribution in [2.24, 2.45) is 15.2 Å². The van der Waals surface area contributed by atoms with Crippen LogP contribution in [0.3, 0.4) is 0 Å². The summed E-state index contributed by atoms with van der Waals surface area (Å²) < 4.78 is 27.8. The van der Waals surface area contributed by atoms with Crippen LogP contribution in [0, 0.1) is 16.4 Å². The molecule has 1 aromatic heterocycles. The van der Waals surface area contributed by atoms with Gasteiger partial charge in [0.1, 0.15) is 17.9 Å². The van der Waals surface area contributed by atoms with Crippen molar-refractivity contribution in [3.8, 4) is 0 Å². The lowest BCUT2D eigenvalue weighted by molar-refractivity contribution is 0.0439. The monoisotopic (exact) mass is 610 g/mol. The van der Waals surface area contributed by atoms with Crippen LogP contribution in [-0.4, -0.2) is 85.3 Å². The van der Waals surface area contributed by atoms with Crippen LogP contribution < -0.4 is 21.1 Å². The van der Waals surface area contributed by atoms with E-state index >= 15 is 4.39 Å². The Hall–Kier alpha value is -3.61. The van der Waals surface area contributed by atoms with E-state index in [0.717, 1.165) is 25.9 Å². The highest BCUT2D eigenvalue weighted by Gasteiger charge is 2.44. The van der Waals surface area contributed by atoms with Gasteiger partial charge in [-0.05, 0) is 71.0 Å². The molecule has 0 spiro atoms. The maximum absolute atomic E-state index is 16.6. The minimum Gasteiger partial charge on any atom is -0.450 e. The van der Waals surface area contributed by atoms with E-state index in [9.17, 15) is 4.79 Å². The van der Waals surface area contributed by atoms with Crippen molar-refractivity contribution in [1.29, 1.82) is 0 Å². The second-order valence-corrected chi connectivity index (χ2v) is 11.7. The number of aliphatic imine (C=N–C) groups is 1. The summed E-state index contributed by atoms with van der Waals surface area (Å²) in [5.74, 6) is -0.119. The standard InChI is InChI=1S/C30H36ClFN8O3/c1-3-43-29(41)37-20-6-11-39(16-20)28(33-2)23-14-34-26(21-12-19(31)13-24-22(21)15-36-38-24)25(32)27(23)35-18-42-17-30-7-4-9-40(30)10-5-8-30/h12-15,20,35H,2-11,16-18H2,1H3,(H,37,41)/b26-21+,28-23+. The largest absolute Gasteiger partial charge is 0.450 e. The molecule has 1 unspecified atom stereocenters. The number of hydrogen-bond donors (Lipinski definition) is 2. The molecule has 13 heteroatoms. The lowest BCUT2D eigenvalue weighted by Gasteiger charge is -2.31. The topological polar surface area (TPSA) is 116 Å². The van der Waals surface area contributed by atoms with Gasteiger partial charge in [0.25, 0.3) is 0 Å². The van der Waals surface area contributed by atoms with Crippen LogP contribution >= 0.6 is 11.6 Å². The number of fused-ring (bicyclic) bond motifs is 2. The fourth-order valence-electron chi connectivity index (χ4n) is 6.77. The third kappa shape index (κ3) is 5.83. The first kappa shape index (κ1) is 29.5. The van der Waals surface area contributed by atoms with Crippen LogP contribution in [0.1, 0.15) is 39.0 Å². The molecule has 4 aliphatic heterocycles. The van der Waals surface area contributed by atoms with E-state index in [-0.39, 0.29) is 36.0 Å². The average molecular weight is 611 g/mol. The third-order valence-electron chi connectivity index (χ3n) is 8.76. The van der Waals surface area contributed by atoms with E-state index in [2.05, 4.69) is 42.5 Å². The maximum Gasteiger partial charge on any atom is 0.407 e. The van der Waals surface area contributed by atoms with Gasteiger partial charge in [-0.15, -0.1) is 0 Å². The van der Waals surface area contributed by atoms with Gasteiger partial charge in [-0.3, -0.25) is 9.88 Å². The molecular formula is C30H36ClFN8O3. The SMILES string of the molecule is C=N/C(=c1/cn/c(=c2\cc(Cl)cc3c2=CN=N3)c(F)c1NCOCC12CCCN1CCC2)N1CCC(NC(=O)OCC)C1. The minimum atomic E-state index is -0.575. The van der Waals surface area contributed by atoms with Crippen LogP contribution in [0.5, 0.6) is 0 Å². The summed E-state index contributed by atoms with van der Waals surface area (Å²) >= 11 is 6.36. The molecule has 228 valence electrons. The zero-order valence-corrected chi connectivity index (χ0v) is 25.0. The van der Waals surface area contributed by atoms with Crippen molar-refractivity contribution >= 4 is 47.8 Å². The van der Waals surface area contributed by atoms with Crippen molar-refractivity contribution in [3.63, 3.8) is 0 Å². The first-order valence-corrected chi connectivity index (χ1v) is 15.2. The number of carbonyl (C=O) groups excluding carboxylic acids is 1. The maximum atomic E-state index is 16.6. The Bertz CT molecular complexity index is 1660. The molecule has 3 saturated heterocycles. The fourth-order valence-corrected chi connectivity index (χ4v) is 6.99. The smallest absolute Gasteiger partial charge is 0.407 e. The molecule has 1 amide bonds. The van der Waals surface area contributed by atoms with Crippen molar-refractivity contribution in [2.45, 2.75) is 50.6 Å². The number of anilines is 1. The number of amides is 1. The lowest BCUT2D eigenvalue weighted by atomic mass is 9.95. The second-order valence-electron chi connectivity index (χ2n) is 11.3. The van der Waals surface area contributed by atoms with Gasteiger partial charge in [-0.2, -0.15) is 10.2 Å². The Morgan fingerprint density at radius 2 is 2.09 bits per heavy atom. The number of carbonyl (C=O) groups is 1. The van der Waals surface area contributed by atoms with Gasteiger partial charge >= 0.3 is 6.09 Å².